The van der Waals surface area contributed by atoms with Crippen molar-refractivity contribution in [2.45, 2.75) is 58.4 Å². The number of rotatable bonds is 5. The molecule has 29 heavy (non-hydrogen) atoms. The van der Waals surface area contributed by atoms with E-state index in [1.807, 2.05) is 19.9 Å². The van der Waals surface area contributed by atoms with Gasteiger partial charge in [0.05, 0.1) is 22.3 Å². The van der Waals surface area contributed by atoms with Gasteiger partial charge in [0, 0.05) is 29.5 Å². The first-order chi connectivity index (χ1) is 13.9. The van der Waals surface area contributed by atoms with Crippen molar-refractivity contribution in [3.05, 3.63) is 40.0 Å². The molecule has 3 heterocycles. The molecule has 154 valence electrons. The van der Waals surface area contributed by atoms with Crippen molar-refractivity contribution >= 4 is 34.3 Å². The van der Waals surface area contributed by atoms with Gasteiger partial charge in [-0.3, -0.25) is 19.5 Å². The smallest absolute Gasteiger partial charge is 0.263 e. The third kappa shape index (κ3) is 3.66. The maximum absolute atomic E-state index is 13.3. The van der Waals surface area contributed by atoms with Crippen molar-refractivity contribution in [3.8, 4) is 0 Å². The quantitative estimate of drug-likeness (QED) is 0.656. The number of pyridine rings is 1. The normalized spacial score (nSPS) is 20.2. The van der Waals surface area contributed by atoms with Crippen LogP contribution in [0.1, 0.15) is 78.8 Å². The Morgan fingerprint density at radius 3 is 2.62 bits per heavy atom. The lowest BCUT2D eigenvalue weighted by Crippen LogP contribution is -2.40. The lowest BCUT2D eigenvalue weighted by molar-refractivity contribution is 0.0641. The second-order valence-electron chi connectivity index (χ2n) is 8.56. The van der Waals surface area contributed by atoms with Gasteiger partial charge in [-0.25, -0.2) is 0 Å². The summed E-state index contributed by atoms with van der Waals surface area (Å²) in [5.74, 6) is -0.377. The van der Waals surface area contributed by atoms with Crippen molar-refractivity contribution in [2.75, 3.05) is 19.6 Å². The summed E-state index contributed by atoms with van der Waals surface area (Å²) < 4.78 is 0. The van der Waals surface area contributed by atoms with Crippen molar-refractivity contribution in [1.82, 2.24) is 14.8 Å². The number of imide groups is 1. The number of piperidine rings is 1. The average molecular weight is 414 g/mol. The first kappa shape index (κ1) is 20.3. The van der Waals surface area contributed by atoms with Crippen LogP contribution in [0.15, 0.2) is 18.2 Å². The number of carbonyl (C=O) groups is 2. The Hall–Kier alpha value is -1.98. The number of aromatic nitrogens is 1. The van der Waals surface area contributed by atoms with Crippen LogP contribution >= 0.6 is 11.6 Å². The maximum Gasteiger partial charge on any atom is 0.263 e. The van der Waals surface area contributed by atoms with Crippen LogP contribution in [0.4, 0.5) is 0 Å². The number of likely N-dealkylation sites (tertiary alicyclic amines) is 1. The minimum Gasteiger partial charge on any atom is -0.301 e. The Bertz CT molecular complexity index is 972. The topological polar surface area (TPSA) is 53.5 Å². The first-order valence-electron chi connectivity index (χ1n) is 10.6. The van der Waals surface area contributed by atoms with Gasteiger partial charge < -0.3 is 4.90 Å². The Balaban J connectivity index is 1.62. The van der Waals surface area contributed by atoms with Crippen LogP contribution in [0.5, 0.6) is 0 Å². The molecule has 0 aliphatic carbocycles. The maximum atomic E-state index is 13.3. The molecular formula is C23H28ClN3O2. The molecule has 1 unspecified atom stereocenters. The number of hydrogen-bond donors (Lipinski definition) is 0. The average Bonchev–Trinajstić information content (AvgIpc) is 2.94. The molecule has 2 aromatic rings. The van der Waals surface area contributed by atoms with Gasteiger partial charge in [-0.15, -0.1) is 0 Å². The summed E-state index contributed by atoms with van der Waals surface area (Å²) in [4.78, 5) is 35.1. The molecule has 0 bridgehead atoms. The van der Waals surface area contributed by atoms with Gasteiger partial charge in [-0.2, -0.15) is 0 Å². The molecule has 1 aromatic carbocycles. The molecule has 2 aliphatic rings. The Morgan fingerprint density at radius 2 is 1.90 bits per heavy atom. The lowest BCUT2D eigenvalue weighted by Gasteiger charge is -2.33. The van der Waals surface area contributed by atoms with E-state index in [9.17, 15) is 9.59 Å². The van der Waals surface area contributed by atoms with E-state index in [1.54, 1.807) is 12.1 Å². The fourth-order valence-corrected chi connectivity index (χ4v) is 4.77. The lowest BCUT2D eigenvalue weighted by atomic mass is 9.97. The second-order valence-corrected chi connectivity index (χ2v) is 9.00. The van der Waals surface area contributed by atoms with Crippen LogP contribution in [0.2, 0.25) is 5.02 Å². The monoisotopic (exact) mass is 413 g/mol. The summed E-state index contributed by atoms with van der Waals surface area (Å²) in [6, 6.07) is 5.92. The first-order valence-corrected chi connectivity index (χ1v) is 11.0. The summed E-state index contributed by atoms with van der Waals surface area (Å²) >= 11 is 6.18. The van der Waals surface area contributed by atoms with E-state index in [1.165, 1.54) is 24.2 Å². The van der Waals surface area contributed by atoms with Crippen LogP contribution < -0.4 is 0 Å². The van der Waals surface area contributed by atoms with Crippen LogP contribution in [-0.2, 0) is 0 Å². The van der Waals surface area contributed by atoms with E-state index in [0.29, 0.717) is 45.3 Å². The molecule has 5 nitrogen and oxygen atoms in total. The molecule has 0 saturated carbocycles. The van der Waals surface area contributed by atoms with E-state index < -0.39 is 0 Å². The summed E-state index contributed by atoms with van der Waals surface area (Å²) in [6.07, 6.45) is 4.53. The molecule has 1 aromatic heterocycles. The van der Waals surface area contributed by atoms with Crippen molar-refractivity contribution in [3.63, 3.8) is 0 Å². The highest BCUT2D eigenvalue weighted by atomic mass is 35.5. The Kier molecular flexibility index (Phi) is 5.63. The van der Waals surface area contributed by atoms with Crippen LogP contribution in [0.3, 0.4) is 0 Å². The summed E-state index contributed by atoms with van der Waals surface area (Å²) in [5.41, 5.74) is 2.34. The number of nitrogens with zero attached hydrogens (tertiary/aromatic N) is 3. The molecule has 0 N–H and O–H groups in total. The number of hydrogen-bond acceptors (Lipinski definition) is 4. The predicted molar refractivity (Wildman–Crippen MR) is 116 cm³/mol. The standard InChI is InChI=1S/C23H28ClN3O2/c1-14(2)21-20-19(17-13-16(24)8-9-18(17)25-21)22(28)27(23(20)29)12-6-11-26-10-5-4-7-15(26)3/h8-9,13-15H,4-7,10-12H2,1-3H3. The zero-order valence-corrected chi connectivity index (χ0v) is 18.1. The Morgan fingerprint density at radius 1 is 1.14 bits per heavy atom. The third-order valence-corrected chi connectivity index (χ3v) is 6.44. The highest BCUT2D eigenvalue weighted by Gasteiger charge is 2.40. The molecule has 1 atom stereocenters. The summed E-state index contributed by atoms with van der Waals surface area (Å²) in [7, 11) is 0. The van der Waals surface area contributed by atoms with Gasteiger partial charge in [0.1, 0.15) is 0 Å². The van der Waals surface area contributed by atoms with Crippen LogP contribution in [0.25, 0.3) is 10.9 Å². The van der Waals surface area contributed by atoms with Gasteiger partial charge in [0.25, 0.3) is 11.8 Å². The number of fused-ring (bicyclic) bond motifs is 3. The van der Waals surface area contributed by atoms with Gasteiger partial charge >= 0.3 is 0 Å². The van der Waals surface area contributed by atoms with E-state index in [4.69, 9.17) is 16.6 Å². The molecular weight excluding hydrogens is 386 g/mol. The largest absolute Gasteiger partial charge is 0.301 e. The van der Waals surface area contributed by atoms with E-state index in [0.717, 1.165) is 19.5 Å². The minimum absolute atomic E-state index is 0.0507. The molecule has 2 amide bonds. The molecule has 1 saturated heterocycles. The van der Waals surface area contributed by atoms with Crippen LogP contribution in [0, 0.1) is 0 Å². The van der Waals surface area contributed by atoms with Crippen molar-refractivity contribution in [1.29, 1.82) is 0 Å². The predicted octanol–water partition coefficient (Wildman–Crippen LogP) is 4.87. The van der Waals surface area contributed by atoms with Crippen molar-refractivity contribution in [2.24, 2.45) is 0 Å². The molecule has 2 aliphatic heterocycles. The zero-order chi connectivity index (χ0) is 20.7. The minimum atomic E-state index is -0.215. The second kappa shape index (κ2) is 8.04. The molecule has 0 radical (unpaired) electrons. The fraction of sp³-hybridized carbons (Fsp3) is 0.522. The summed E-state index contributed by atoms with van der Waals surface area (Å²) in [5, 5.41) is 1.21. The van der Waals surface area contributed by atoms with Crippen LogP contribution in [-0.4, -0.2) is 52.3 Å². The van der Waals surface area contributed by atoms with Gasteiger partial charge in [0.2, 0.25) is 0 Å². The number of benzene rings is 1. The van der Waals surface area contributed by atoms with Gasteiger partial charge in [-0.05, 0) is 56.8 Å². The number of amides is 2. The van der Waals surface area contributed by atoms with E-state index >= 15 is 0 Å². The van der Waals surface area contributed by atoms with Gasteiger partial charge in [-0.1, -0.05) is 31.9 Å². The Labute approximate surface area is 177 Å². The number of halogens is 1. The molecule has 1 fully saturated rings. The highest BCUT2D eigenvalue weighted by Crippen LogP contribution is 2.35. The molecule has 6 heteroatoms. The van der Waals surface area contributed by atoms with E-state index in [-0.39, 0.29) is 17.7 Å². The van der Waals surface area contributed by atoms with Crippen molar-refractivity contribution < 1.29 is 9.59 Å². The van der Waals surface area contributed by atoms with Gasteiger partial charge in [0.15, 0.2) is 0 Å². The SMILES string of the molecule is CC(C)c1nc2ccc(Cl)cc2c2c1C(=O)N(CCCN1CCCCC1C)C2=O. The molecule has 0 spiro atoms. The number of carbonyl (C=O) groups excluding carboxylic acids is 2. The molecule has 4 rings (SSSR count). The highest BCUT2D eigenvalue weighted by molar-refractivity contribution is 6.32. The van der Waals surface area contributed by atoms with E-state index in [2.05, 4.69) is 11.8 Å². The summed E-state index contributed by atoms with van der Waals surface area (Å²) in [6.45, 7) is 8.72. The zero-order valence-electron chi connectivity index (χ0n) is 17.4. The fourth-order valence-electron chi connectivity index (χ4n) is 4.60. The third-order valence-electron chi connectivity index (χ3n) is 6.21.